The summed E-state index contributed by atoms with van der Waals surface area (Å²) in [5.74, 6) is 0.323. The quantitative estimate of drug-likeness (QED) is 0.821. The lowest BCUT2D eigenvalue weighted by Gasteiger charge is -2.29. The molecule has 2 heterocycles. The lowest BCUT2D eigenvalue weighted by molar-refractivity contribution is 0.0957. The van der Waals surface area contributed by atoms with E-state index < -0.39 is 0 Å². The molecule has 2 N–H and O–H groups in total. The van der Waals surface area contributed by atoms with Gasteiger partial charge in [0.2, 0.25) is 0 Å². The van der Waals surface area contributed by atoms with Gasteiger partial charge in [0.05, 0.1) is 6.26 Å². The molecule has 1 aromatic heterocycles. The molecule has 0 unspecified atom stereocenters. The van der Waals surface area contributed by atoms with E-state index in [-0.39, 0.29) is 18.3 Å². The molecule has 0 atom stereocenters. The first-order chi connectivity index (χ1) is 9.18. The Morgan fingerprint density at radius 1 is 1.35 bits per heavy atom. The largest absolute Gasteiger partial charge is 0.459 e. The fourth-order valence-electron chi connectivity index (χ4n) is 2.58. The maximum Gasteiger partial charge on any atom is 0.294 e. The first-order valence-electron chi connectivity index (χ1n) is 6.42. The molecule has 0 aliphatic carbocycles. The SMILES string of the molecule is Cc1ccoc1C(=O)N1CCCc2c(N)cccc21.Cl. The minimum absolute atomic E-state index is 0. The third kappa shape index (κ3) is 2.27. The van der Waals surface area contributed by atoms with Crippen LogP contribution in [0.5, 0.6) is 0 Å². The summed E-state index contributed by atoms with van der Waals surface area (Å²) in [5.41, 5.74) is 9.58. The molecule has 3 rings (SSSR count). The molecule has 5 heteroatoms. The third-order valence-corrected chi connectivity index (χ3v) is 3.59. The number of hydrogen-bond acceptors (Lipinski definition) is 3. The molecule has 0 saturated carbocycles. The summed E-state index contributed by atoms with van der Waals surface area (Å²) >= 11 is 0. The number of benzene rings is 1. The highest BCUT2D eigenvalue weighted by molar-refractivity contribution is 6.06. The summed E-state index contributed by atoms with van der Waals surface area (Å²) < 4.78 is 5.30. The van der Waals surface area contributed by atoms with E-state index in [9.17, 15) is 4.79 Å². The number of rotatable bonds is 1. The van der Waals surface area contributed by atoms with Crippen LogP contribution < -0.4 is 10.6 Å². The Morgan fingerprint density at radius 2 is 2.15 bits per heavy atom. The van der Waals surface area contributed by atoms with Crippen molar-refractivity contribution in [3.8, 4) is 0 Å². The fourth-order valence-corrected chi connectivity index (χ4v) is 2.58. The van der Waals surface area contributed by atoms with E-state index in [1.54, 1.807) is 17.2 Å². The first-order valence-corrected chi connectivity index (χ1v) is 6.42. The molecule has 1 amide bonds. The smallest absolute Gasteiger partial charge is 0.294 e. The molecule has 0 spiro atoms. The van der Waals surface area contributed by atoms with Gasteiger partial charge in [-0.1, -0.05) is 6.07 Å². The van der Waals surface area contributed by atoms with Gasteiger partial charge in [0.15, 0.2) is 5.76 Å². The van der Waals surface area contributed by atoms with Crippen molar-refractivity contribution in [2.45, 2.75) is 19.8 Å². The molecule has 106 valence electrons. The lowest BCUT2D eigenvalue weighted by atomic mass is 9.99. The second-order valence-electron chi connectivity index (χ2n) is 4.84. The van der Waals surface area contributed by atoms with Gasteiger partial charge in [0, 0.05) is 23.5 Å². The number of furan rings is 1. The van der Waals surface area contributed by atoms with Crippen molar-refractivity contribution in [1.82, 2.24) is 0 Å². The second kappa shape index (κ2) is 5.59. The van der Waals surface area contributed by atoms with E-state index in [0.29, 0.717) is 12.3 Å². The van der Waals surface area contributed by atoms with E-state index in [4.69, 9.17) is 10.2 Å². The number of amides is 1. The van der Waals surface area contributed by atoms with Crippen LogP contribution in [0.1, 0.15) is 28.1 Å². The molecule has 0 saturated heterocycles. The number of nitrogens with two attached hydrogens (primary N) is 1. The van der Waals surface area contributed by atoms with Crippen LogP contribution in [0, 0.1) is 6.92 Å². The summed E-state index contributed by atoms with van der Waals surface area (Å²) in [7, 11) is 0. The van der Waals surface area contributed by atoms with E-state index in [1.807, 2.05) is 25.1 Å². The highest BCUT2D eigenvalue weighted by Crippen LogP contribution is 2.32. The van der Waals surface area contributed by atoms with E-state index in [1.165, 1.54) is 0 Å². The van der Waals surface area contributed by atoms with Crippen LogP contribution >= 0.6 is 12.4 Å². The van der Waals surface area contributed by atoms with Gasteiger partial charge in [-0.2, -0.15) is 0 Å². The lowest BCUT2D eigenvalue weighted by Crippen LogP contribution is -2.35. The average molecular weight is 293 g/mol. The molecule has 2 aromatic rings. The molecule has 1 aliphatic heterocycles. The Morgan fingerprint density at radius 3 is 2.85 bits per heavy atom. The number of aryl methyl sites for hydroxylation is 1. The molecule has 4 nitrogen and oxygen atoms in total. The summed E-state index contributed by atoms with van der Waals surface area (Å²) in [6.07, 6.45) is 3.39. The zero-order valence-electron chi connectivity index (χ0n) is 11.3. The molecular weight excluding hydrogens is 276 g/mol. The highest BCUT2D eigenvalue weighted by atomic mass is 35.5. The normalized spacial score (nSPS) is 13.6. The number of hydrogen-bond donors (Lipinski definition) is 1. The van der Waals surface area contributed by atoms with Crippen LogP contribution in [0.2, 0.25) is 0 Å². The number of carbonyl (C=O) groups is 1. The zero-order valence-corrected chi connectivity index (χ0v) is 12.1. The van der Waals surface area contributed by atoms with Gasteiger partial charge in [-0.3, -0.25) is 4.79 Å². The van der Waals surface area contributed by atoms with Crippen molar-refractivity contribution in [3.63, 3.8) is 0 Å². The van der Waals surface area contributed by atoms with Gasteiger partial charge in [-0.05, 0) is 43.5 Å². The van der Waals surface area contributed by atoms with Crippen molar-refractivity contribution < 1.29 is 9.21 Å². The minimum Gasteiger partial charge on any atom is -0.459 e. The van der Waals surface area contributed by atoms with Crippen molar-refractivity contribution in [2.75, 3.05) is 17.2 Å². The summed E-state index contributed by atoms with van der Waals surface area (Å²) in [6.45, 7) is 2.58. The Bertz CT molecular complexity index is 637. The Labute approximate surface area is 124 Å². The van der Waals surface area contributed by atoms with Crippen molar-refractivity contribution in [1.29, 1.82) is 0 Å². The Kier molecular flexibility index (Phi) is 4.04. The average Bonchev–Trinajstić information content (AvgIpc) is 2.84. The number of fused-ring (bicyclic) bond motifs is 1. The van der Waals surface area contributed by atoms with Crippen LogP contribution in [-0.2, 0) is 6.42 Å². The van der Waals surface area contributed by atoms with E-state index >= 15 is 0 Å². The Balaban J connectivity index is 0.00000147. The third-order valence-electron chi connectivity index (χ3n) is 3.59. The number of carbonyl (C=O) groups excluding carboxylic acids is 1. The Hall–Kier alpha value is -1.94. The number of anilines is 2. The monoisotopic (exact) mass is 292 g/mol. The van der Waals surface area contributed by atoms with Gasteiger partial charge in [0.25, 0.3) is 5.91 Å². The molecule has 20 heavy (non-hydrogen) atoms. The summed E-state index contributed by atoms with van der Waals surface area (Å²) in [4.78, 5) is 14.3. The van der Waals surface area contributed by atoms with Crippen LogP contribution in [-0.4, -0.2) is 12.5 Å². The summed E-state index contributed by atoms with van der Waals surface area (Å²) in [6, 6.07) is 7.51. The summed E-state index contributed by atoms with van der Waals surface area (Å²) in [5, 5.41) is 0. The second-order valence-corrected chi connectivity index (χ2v) is 4.84. The van der Waals surface area contributed by atoms with Crippen LogP contribution in [0.4, 0.5) is 11.4 Å². The van der Waals surface area contributed by atoms with Gasteiger partial charge in [0.1, 0.15) is 0 Å². The van der Waals surface area contributed by atoms with E-state index in [0.717, 1.165) is 35.3 Å². The maximum atomic E-state index is 12.5. The van der Waals surface area contributed by atoms with Crippen LogP contribution in [0.25, 0.3) is 0 Å². The van der Waals surface area contributed by atoms with Crippen molar-refractivity contribution in [2.24, 2.45) is 0 Å². The molecular formula is C15H17ClN2O2. The fraction of sp³-hybridized carbons (Fsp3) is 0.267. The maximum absolute atomic E-state index is 12.5. The number of nitrogen functional groups attached to an aromatic ring is 1. The zero-order chi connectivity index (χ0) is 13.4. The highest BCUT2D eigenvalue weighted by Gasteiger charge is 2.27. The van der Waals surface area contributed by atoms with Gasteiger partial charge >= 0.3 is 0 Å². The molecule has 0 fully saturated rings. The van der Waals surface area contributed by atoms with Crippen LogP contribution in [0.3, 0.4) is 0 Å². The first kappa shape index (κ1) is 14.5. The number of halogens is 1. The molecule has 0 bridgehead atoms. The van der Waals surface area contributed by atoms with Gasteiger partial charge in [-0.25, -0.2) is 0 Å². The predicted octanol–water partition coefficient (Wildman–Crippen LogP) is 3.19. The number of nitrogens with zero attached hydrogens (tertiary/aromatic N) is 1. The molecule has 1 aliphatic rings. The molecule has 1 aromatic carbocycles. The standard InChI is InChI=1S/C15H16N2O2.ClH/c1-10-7-9-19-14(10)15(18)17-8-3-4-11-12(16)5-2-6-13(11)17;/h2,5-7,9H,3-4,8,16H2,1H3;1H. The molecule has 0 radical (unpaired) electrons. The topological polar surface area (TPSA) is 59.5 Å². The minimum atomic E-state index is -0.0888. The van der Waals surface area contributed by atoms with Crippen molar-refractivity contribution >= 4 is 29.7 Å². The van der Waals surface area contributed by atoms with Gasteiger partial charge in [-0.15, -0.1) is 12.4 Å². The van der Waals surface area contributed by atoms with Crippen LogP contribution in [0.15, 0.2) is 34.9 Å². The van der Waals surface area contributed by atoms with Gasteiger partial charge < -0.3 is 15.1 Å². The van der Waals surface area contributed by atoms with E-state index in [2.05, 4.69) is 0 Å². The van der Waals surface area contributed by atoms with Crippen molar-refractivity contribution in [3.05, 3.63) is 47.4 Å². The predicted molar refractivity (Wildman–Crippen MR) is 81.5 cm³/mol.